The van der Waals surface area contributed by atoms with E-state index in [1.54, 1.807) is 12.1 Å². The first-order valence-electron chi connectivity index (χ1n) is 8.49. The Morgan fingerprint density at radius 3 is 2.35 bits per heavy atom. The van der Waals surface area contributed by atoms with Crippen molar-refractivity contribution in [2.75, 3.05) is 38.2 Å². The van der Waals surface area contributed by atoms with Crippen LogP contribution < -0.4 is 9.64 Å². The molecule has 0 unspecified atom stereocenters. The van der Waals surface area contributed by atoms with Crippen LogP contribution in [0.4, 0.5) is 5.69 Å². The van der Waals surface area contributed by atoms with E-state index in [2.05, 4.69) is 4.90 Å². The number of anilines is 1. The van der Waals surface area contributed by atoms with Crippen molar-refractivity contribution in [1.82, 2.24) is 4.31 Å². The summed E-state index contributed by atoms with van der Waals surface area (Å²) in [6, 6.07) is 11.0. The van der Waals surface area contributed by atoms with E-state index in [9.17, 15) is 8.42 Å². The molecule has 0 aliphatic carbocycles. The third-order valence-electron chi connectivity index (χ3n) is 4.69. The molecule has 0 radical (unpaired) electrons. The van der Waals surface area contributed by atoms with Crippen LogP contribution in [0.25, 0.3) is 0 Å². The second kappa shape index (κ2) is 7.47. The summed E-state index contributed by atoms with van der Waals surface area (Å²) in [7, 11) is -2.11. The molecule has 5 nitrogen and oxygen atoms in total. The van der Waals surface area contributed by atoms with Crippen LogP contribution in [0.15, 0.2) is 41.3 Å². The zero-order chi connectivity index (χ0) is 18.9. The van der Waals surface area contributed by atoms with Gasteiger partial charge in [0.25, 0.3) is 0 Å². The lowest BCUT2D eigenvalue weighted by Crippen LogP contribution is -2.48. The van der Waals surface area contributed by atoms with Crippen molar-refractivity contribution < 1.29 is 13.2 Å². The number of nitrogens with zero attached hydrogens (tertiary/aromatic N) is 2. The van der Waals surface area contributed by atoms with Gasteiger partial charge in [0.2, 0.25) is 10.0 Å². The molecule has 7 heteroatoms. The predicted octanol–water partition coefficient (Wildman–Crippen LogP) is 3.48. The van der Waals surface area contributed by atoms with Gasteiger partial charge in [0.15, 0.2) is 0 Å². The lowest BCUT2D eigenvalue weighted by atomic mass is 10.1. The van der Waals surface area contributed by atoms with Gasteiger partial charge in [-0.05, 0) is 49.2 Å². The molecule has 0 N–H and O–H groups in total. The van der Waals surface area contributed by atoms with Crippen LogP contribution in [0, 0.1) is 13.8 Å². The Morgan fingerprint density at radius 1 is 1.00 bits per heavy atom. The molecule has 2 aromatic rings. The fraction of sp³-hybridized carbons (Fsp3) is 0.368. The monoisotopic (exact) mass is 394 g/mol. The average molecular weight is 395 g/mol. The zero-order valence-corrected chi connectivity index (χ0v) is 16.8. The topological polar surface area (TPSA) is 49.9 Å². The van der Waals surface area contributed by atoms with Gasteiger partial charge < -0.3 is 9.64 Å². The van der Waals surface area contributed by atoms with Gasteiger partial charge >= 0.3 is 0 Å². The van der Waals surface area contributed by atoms with Gasteiger partial charge in [-0.1, -0.05) is 23.7 Å². The molecule has 0 aromatic heterocycles. The molecule has 1 aliphatic rings. The highest BCUT2D eigenvalue weighted by Gasteiger charge is 2.31. The third kappa shape index (κ3) is 3.68. The van der Waals surface area contributed by atoms with Gasteiger partial charge in [-0.15, -0.1) is 0 Å². The molecule has 0 saturated carbocycles. The first-order chi connectivity index (χ1) is 12.3. The molecule has 1 heterocycles. The molecule has 1 saturated heterocycles. The van der Waals surface area contributed by atoms with Crippen LogP contribution in [0.5, 0.6) is 5.75 Å². The van der Waals surface area contributed by atoms with E-state index in [1.807, 2.05) is 38.1 Å². The van der Waals surface area contributed by atoms with Crippen molar-refractivity contribution in [3.05, 3.63) is 52.5 Å². The number of ether oxygens (including phenoxy) is 1. The summed E-state index contributed by atoms with van der Waals surface area (Å²) in [5.41, 5.74) is 3.08. The summed E-state index contributed by atoms with van der Waals surface area (Å²) in [4.78, 5) is 2.41. The molecule has 0 bridgehead atoms. The van der Waals surface area contributed by atoms with Gasteiger partial charge in [0, 0.05) is 36.9 Å². The summed E-state index contributed by atoms with van der Waals surface area (Å²) in [5, 5.41) is 0.685. The van der Waals surface area contributed by atoms with Crippen molar-refractivity contribution in [3.63, 3.8) is 0 Å². The van der Waals surface area contributed by atoms with Gasteiger partial charge in [-0.3, -0.25) is 0 Å². The van der Waals surface area contributed by atoms with Crippen LogP contribution in [0.3, 0.4) is 0 Å². The Morgan fingerprint density at radius 2 is 1.69 bits per heavy atom. The first kappa shape index (κ1) is 19.0. The van der Waals surface area contributed by atoms with Crippen molar-refractivity contribution in [3.8, 4) is 5.75 Å². The minimum atomic E-state index is -3.60. The Hall–Kier alpha value is -1.76. The van der Waals surface area contributed by atoms with Crippen LogP contribution in [-0.4, -0.2) is 46.0 Å². The number of rotatable bonds is 4. The minimum Gasteiger partial charge on any atom is -0.495 e. The molecule has 1 fully saturated rings. The largest absolute Gasteiger partial charge is 0.495 e. The van der Waals surface area contributed by atoms with Crippen LogP contribution in [0.2, 0.25) is 5.02 Å². The molecule has 0 amide bonds. The predicted molar refractivity (Wildman–Crippen MR) is 105 cm³/mol. The van der Waals surface area contributed by atoms with Crippen molar-refractivity contribution in [1.29, 1.82) is 0 Å². The summed E-state index contributed by atoms with van der Waals surface area (Å²) in [6.07, 6.45) is 0. The summed E-state index contributed by atoms with van der Waals surface area (Å²) in [5.74, 6) is 0.378. The third-order valence-corrected chi connectivity index (χ3v) is 6.84. The smallest absolute Gasteiger partial charge is 0.246 e. The molecule has 2 aromatic carbocycles. The molecule has 1 aliphatic heterocycles. The fourth-order valence-electron chi connectivity index (χ4n) is 3.22. The van der Waals surface area contributed by atoms with E-state index in [0.717, 1.165) is 16.8 Å². The van der Waals surface area contributed by atoms with Crippen LogP contribution >= 0.6 is 11.6 Å². The Bertz CT molecular complexity index is 907. The van der Waals surface area contributed by atoms with Crippen LogP contribution in [-0.2, 0) is 10.0 Å². The van der Waals surface area contributed by atoms with E-state index >= 15 is 0 Å². The molecule has 140 valence electrons. The SMILES string of the molecule is COc1ccc(C)cc1S(=O)(=O)N1CCN(c2cc(Cl)ccc2C)CC1. The van der Waals surface area contributed by atoms with Gasteiger partial charge in [-0.2, -0.15) is 4.31 Å². The number of hydrogen-bond acceptors (Lipinski definition) is 4. The maximum atomic E-state index is 13.1. The molecular formula is C19H23ClN2O3S. The molecule has 0 spiro atoms. The van der Waals surface area contributed by atoms with E-state index in [1.165, 1.54) is 11.4 Å². The van der Waals surface area contributed by atoms with Gasteiger partial charge in [0.1, 0.15) is 10.6 Å². The number of sulfonamides is 1. The number of hydrogen-bond donors (Lipinski definition) is 0. The molecule has 26 heavy (non-hydrogen) atoms. The fourth-order valence-corrected chi connectivity index (χ4v) is 5.05. The highest BCUT2D eigenvalue weighted by Crippen LogP contribution is 2.30. The first-order valence-corrected chi connectivity index (χ1v) is 10.3. The standard InChI is InChI=1S/C19H23ClN2O3S/c1-14-4-7-18(25-3)19(12-14)26(23,24)22-10-8-21(9-11-22)17-13-16(20)6-5-15(17)2/h4-7,12-13H,8-11H2,1-3H3. The normalized spacial score (nSPS) is 15.9. The number of piperazine rings is 1. The molecule has 3 rings (SSSR count). The van der Waals surface area contributed by atoms with Gasteiger partial charge in [0.05, 0.1) is 7.11 Å². The minimum absolute atomic E-state index is 0.229. The summed E-state index contributed by atoms with van der Waals surface area (Å²) < 4.78 is 33.0. The second-order valence-electron chi connectivity index (χ2n) is 6.48. The summed E-state index contributed by atoms with van der Waals surface area (Å²) >= 11 is 6.12. The highest BCUT2D eigenvalue weighted by atomic mass is 35.5. The Labute approximate surface area is 160 Å². The Balaban J connectivity index is 1.81. The number of halogens is 1. The van der Waals surface area contributed by atoms with Crippen LogP contribution in [0.1, 0.15) is 11.1 Å². The van der Waals surface area contributed by atoms with Crippen molar-refractivity contribution >= 4 is 27.3 Å². The van der Waals surface area contributed by atoms with E-state index in [0.29, 0.717) is 37.0 Å². The number of methoxy groups -OCH3 is 1. The van der Waals surface area contributed by atoms with E-state index in [4.69, 9.17) is 16.3 Å². The quantitative estimate of drug-likeness (QED) is 0.796. The van der Waals surface area contributed by atoms with E-state index < -0.39 is 10.0 Å². The van der Waals surface area contributed by atoms with Crippen molar-refractivity contribution in [2.24, 2.45) is 0 Å². The summed E-state index contributed by atoms with van der Waals surface area (Å²) in [6.45, 7) is 5.99. The second-order valence-corrected chi connectivity index (χ2v) is 8.82. The zero-order valence-electron chi connectivity index (χ0n) is 15.2. The Kier molecular flexibility index (Phi) is 5.46. The van der Waals surface area contributed by atoms with E-state index in [-0.39, 0.29) is 4.90 Å². The lowest BCUT2D eigenvalue weighted by molar-refractivity contribution is 0.374. The molecular weight excluding hydrogens is 372 g/mol. The number of benzene rings is 2. The maximum absolute atomic E-state index is 13.1. The van der Waals surface area contributed by atoms with Crippen molar-refractivity contribution in [2.45, 2.75) is 18.7 Å². The lowest BCUT2D eigenvalue weighted by Gasteiger charge is -2.36. The van der Waals surface area contributed by atoms with Gasteiger partial charge in [-0.25, -0.2) is 8.42 Å². The molecule has 0 atom stereocenters. The maximum Gasteiger partial charge on any atom is 0.246 e. The highest BCUT2D eigenvalue weighted by molar-refractivity contribution is 7.89. The average Bonchev–Trinajstić information content (AvgIpc) is 2.64. The number of aryl methyl sites for hydroxylation is 2.